The number of carbonyl (C=O) groups is 1. The Morgan fingerprint density at radius 2 is 2.25 bits per heavy atom. The van der Waals surface area contributed by atoms with Crippen molar-refractivity contribution in [1.29, 1.82) is 0 Å². The van der Waals surface area contributed by atoms with E-state index in [-0.39, 0.29) is 17.6 Å². The van der Waals surface area contributed by atoms with Crippen molar-refractivity contribution in [2.24, 2.45) is 0 Å². The summed E-state index contributed by atoms with van der Waals surface area (Å²) in [4.78, 5) is 10.9. The highest BCUT2D eigenvalue weighted by Crippen LogP contribution is 2.25. The molecule has 1 aliphatic rings. The summed E-state index contributed by atoms with van der Waals surface area (Å²) in [6.07, 6.45) is 8.04. The maximum absolute atomic E-state index is 10.6. The number of alkyl halides is 2. The molecule has 92 valence electrons. The molecule has 0 saturated carbocycles. The van der Waals surface area contributed by atoms with Crippen LogP contribution in [-0.4, -0.2) is 28.7 Å². The molecule has 0 bridgehead atoms. The first-order chi connectivity index (χ1) is 7.69. The average Bonchev–Trinajstić information content (AvgIpc) is 2.28. The quantitative estimate of drug-likeness (QED) is 0.451. The second kappa shape index (κ2) is 7.46. The number of ether oxygens (including phenoxy) is 1. The van der Waals surface area contributed by atoms with E-state index in [1.807, 2.05) is 0 Å². The van der Waals surface area contributed by atoms with Crippen LogP contribution in [0.15, 0.2) is 12.2 Å². The van der Waals surface area contributed by atoms with Crippen LogP contribution >= 0.6 is 27.5 Å². The number of aldehydes is 1. The van der Waals surface area contributed by atoms with Crippen molar-refractivity contribution in [2.45, 2.75) is 55.0 Å². The highest BCUT2D eigenvalue weighted by atomic mass is 79.9. The molecule has 1 rings (SSSR count). The van der Waals surface area contributed by atoms with Crippen LogP contribution in [0.1, 0.15) is 32.6 Å². The van der Waals surface area contributed by atoms with Crippen LogP contribution in [-0.2, 0) is 9.53 Å². The first kappa shape index (κ1) is 14.2. The smallest absolute Gasteiger partial charge is 0.122 e. The summed E-state index contributed by atoms with van der Waals surface area (Å²) < 4.78 is 5.94. The summed E-state index contributed by atoms with van der Waals surface area (Å²) >= 11 is 9.81. The summed E-state index contributed by atoms with van der Waals surface area (Å²) in [5.74, 6) is 0. The Balaban J connectivity index is 2.68. The Morgan fingerprint density at radius 1 is 1.56 bits per heavy atom. The number of hydrogen-bond acceptors (Lipinski definition) is 2. The Morgan fingerprint density at radius 3 is 2.88 bits per heavy atom. The van der Waals surface area contributed by atoms with Gasteiger partial charge in [-0.1, -0.05) is 35.0 Å². The minimum Gasteiger partial charge on any atom is -0.372 e. The fraction of sp³-hybridized carbons (Fsp3) is 0.750. The van der Waals surface area contributed by atoms with Crippen LogP contribution < -0.4 is 0 Å². The zero-order valence-electron chi connectivity index (χ0n) is 9.44. The van der Waals surface area contributed by atoms with Gasteiger partial charge in [0.2, 0.25) is 0 Å². The molecule has 0 spiro atoms. The van der Waals surface area contributed by atoms with Crippen molar-refractivity contribution in [3.63, 3.8) is 0 Å². The van der Waals surface area contributed by atoms with Gasteiger partial charge < -0.3 is 9.53 Å². The number of hydrogen-bond donors (Lipinski definition) is 0. The molecule has 1 heterocycles. The fourth-order valence-corrected chi connectivity index (χ4v) is 2.37. The van der Waals surface area contributed by atoms with Crippen LogP contribution in [0.3, 0.4) is 0 Å². The second-order valence-corrected chi connectivity index (χ2v) is 5.74. The molecule has 16 heavy (non-hydrogen) atoms. The largest absolute Gasteiger partial charge is 0.372 e. The topological polar surface area (TPSA) is 26.3 Å². The van der Waals surface area contributed by atoms with Gasteiger partial charge in [0.15, 0.2) is 0 Å². The van der Waals surface area contributed by atoms with E-state index in [0.29, 0.717) is 11.2 Å². The minimum absolute atomic E-state index is 0.104. The normalized spacial score (nSPS) is 34.8. The highest BCUT2D eigenvalue weighted by Gasteiger charge is 2.27. The van der Waals surface area contributed by atoms with Crippen LogP contribution in [0.25, 0.3) is 0 Å². The van der Waals surface area contributed by atoms with Crippen molar-refractivity contribution in [3.8, 4) is 0 Å². The average molecular weight is 310 g/mol. The summed E-state index contributed by atoms with van der Waals surface area (Å²) in [6, 6.07) is 0. The molecule has 0 unspecified atom stereocenters. The van der Waals surface area contributed by atoms with Crippen LogP contribution in [0, 0.1) is 0 Å². The zero-order chi connectivity index (χ0) is 12.0. The molecule has 0 aromatic heterocycles. The standard InChI is InChI=1S/C12H18BrClO2/c1-2-9(13)11-6-4-3-5-10(14)12(16-11)7-8-15/h3-4,8-12H,2,5-7H2,1H3/b4-3-/t9-,10-,11-,12-/m0/s1. The lowest BCUT2D eigenvalue weighted by Gasteiger charge is -2.30. The van der Waals surface area contributed by atoms with Gasteiger partial charge in [0.1, 0.15) is 6.29 Å². The van der Waals surface area contributed by atoms with Gasteiger partial charge in [0, 0.05) is 11.2 Å². The van der Waals surface area contributed by atoms with E-state index < -0.39 is 0 Å². The zero-order valence-corrected chi connectivity index (χ0v) is 11.8. The lowest BCUT2D eigenvalue weighted by Crippen LogP contribution is -2.35. The second-order valence-electron chi connectivity index (χ2n) is 4.00. The third-order valence-electron chi connectivity index (χ3n) is 2.77. The molecule has 0 N–H and O–H groups in total. The molecule has 0 aromatic carbocycles. The van der Waals surface area contributed by atoms with Crippen molar-refractivity contribution in [2.75, 3.05) is 0 Å². The molecule has 0 aromatic rings. The molecule has 1 aliphatic heterocycles. The van der Waals surface area contributed by atoms with E-state index >= 15 is 0 Å². The summed E-state index contributed by atoms with van der Waals surface area (Å²) in [5.41, 5.74) is 0. The lowest BCUT2D eigenvalue weighted by atomic mass is 10.0. The van der Waals surface area contributed by atoms with Gasteiger partial charge in [-0.25, -0.2) is 0 Å². The monoisotopic (exact) mass is 308 g/mol. The van der Waals surface area contributed by atoms with Crippen molar-refractivity contribution in [3.05, 3.63) is 12.2 Å². The van der Waals surface area contributed by atoms with Crippen LogP contribution in [0.2, 0.25) is 0 Å². The van der Waals surface area contributed by atoms with Gasteiger partial charge in [0.25, 0.3) is 0 Å². The predicted octanol–water partition coefficient (Wildman–Crippen LogP) is 3.46. The highest BCUT2D eigenvalue weighted by molar-refractivity contribution is 9.09. The number of allylic oxidation sites excluding steroid dienone is 1. The fourth-order valence-electron chi connectivity index (χ4n) is 1.77. The molecular formula is C12H18BrClO2. The maximum atomic E-state index is 10.6. The van der Waals surface area contributed by atoms with Gasteiger partial charge in [0.05, 0.1) is 17.6 Å². The Bertz CT molecular complexity index is 245. The van der Waals surface area contributed by atoms with Crippen LogP contribution in [0.5, 0.6) is 0 Å². The number of carbonyl (C=O) groups excluding carboxylic acids is 1. The van der Waals surface area contributed by atoms with Crippen molar-refractivity contribution < 1.29 is 9.53 Å². The molecular weight excluding hydrogens is 291 g/mol. The van der Waals surface area contributed by atoms with E-state index in [0.717, 1.165) is 25.5 Å². The molecule has 0 amide bonds. The maximum Gasteiger partial charge on any atom is 0.122 e. The SMILES string of the molecule is CC[C@H](Br)[C@@H]1C/C=C\C[C@H](Cl)[C@H](CC=O)O1. The minimum atomic E-state index is -0.166. The van der Waals surface area contributed by atoms with Gasteiger partial charge in [-0.05, 0) is 19.3 Å². The molecule has 2 nitrogen and oxygen atoms in total. The first-order valence-electron chi connectivity index (χ1n) is 5.71. The lowest BCUT2D eigenvalue weighted by molar-refractivity contribution is -0.111. The Labute approximate surface area is 111 Å². The molecule has 0 aliphatic carbocycles. The van der Waals surface area contributed by atoms with E-state index in [1.165, 1.54) is 0 Å². The summed E-state index contributed by atoms with van der Waals surface area (Å²) in [6.45, 7) is 2.11. The van der Waals surface area contributed by atoms with Crippen LogP contribution in [0.4, 0.5) is 0 Å². The molecule has 0 radical (unpaired) electrons. The van der Waals surface area contributed by atoms with Crippen molar-refractivity contribution >= 4 is 33.8 Å². The third kappa shape index (κ3) is 4.19. The third-order valence-corrected chi connectivity index (χ3v) is 4.47. The van der Waals surface area contributed by atoms with Gasteiger partial charge in [-0.2, -0.15) is 0 Å². The van der Waals surface area contributed by atoms with Crippen molar-refractivity contribution in [1.82, 2.24) is 0 Å². The van der Waals surface area contributed by atoms with E-state index in [4.69, 9.17) is 16.3 Å². The molecule has 4 atom stereocenters. The Kier molecular flexibility index (Phi) is 6.62. The molecule has 0 saturated heterocycles. The molecule has 0 fully saturated rings. The predicted molar refractivity (Wildman–Crippen MR) is 70.4 cm³/mol. The summed E-state index contributed by atoms with van der Waals surface area (Å²) in [5, 5.41) is -0.110. The number of rotatable bonds is 4. The van der Waals surface area contributed by atoms with E-state index in [1.54, 1.807) is 0 Å². The summed E-state index contributed by atoms with van der Waals surface area (Å²) in [7, 11) is 0. The number of halogens is 2. The van der Waals surface area contributed by atoms with E-state index in [9.17, 15) is 4.79 Å². The van der Waals surface area contributed by atoms with Gasteiger partial charge >= 0.3 is 0 Å². The molecule has 4 heteroatoms. The van der Waals surface area contributed by atoms with Gasteiger partial charge in [-0.15, -0.1) is 11.6 Å². The van der Waals surface area contributed by atoms with E-state index in [2.05, 4.69) is 35.0 Å². The first-order valence-corrected chi connectivity index (χ1v) is 7.06. The van der Waals surface area contributed by atoms with Gasteiger partial charge in [-0.3, -0.25) is 0 Å². The Hall–Kier alpha value is 0.140.